The largest absolute Gasteiger partial charge is 0.309 e. The molecule has 10 aromatic carbocycles. The molecular weight excluding hydrogens is 699 g/mol. The first-order chi connectivity index (χ1) is 28.7. The zero-order chi connectivity index (χ0) is 38.2. The van der Waals surface area contributed by atoms with Crippen molar-refractivity contribution >= 4 is 65.8 Å². The molecule has 1 aliphatic carbocycles. The molecule has 0 unspecified atom stereocenters. The maximum Gasteiger partial charge on any atom is 0.0547 e. The summed E-state index contributed by atoms with van der Waals surface area (Å²) in [7, 11) is 0. The van der Waals surface area contributed by atoms with Crippen LogP contribution in [0, 0.1) is 0 Å². The normalized spacial score (nSPS) is 12.3. The second kappa shape index (κ2) is 13.0. The van der Waals surface area contributed by atoms with Crippen molar-refractivity contribution in [3.63, 3.8) is 0 Å². The van der Waals surface area contributed by atoms with E-state index in [4.69, 9.17) is 0 Å². The van der Waals surface area contributed by atoms with Crippen molar-refractivity contribution in [2.45, 2.75) is 6.42 Å². The molecule has 1 aliphatic rings. The summed E-state index contributed by atoms with van der Waals surface area (Å²) in [5.41, 5.74) is 16.4. The first-order valence-electron chi connectivity index (χ1n) is 20.2. The van der Waals surface area contributed by atoms with E-state index >= 15 is 0 Å². The van der Waals surface area contributed by atoms with E-state index in [0.717, 1.165) is 6.42 Å². The van der Waals surface area contributed by atoms with Crippen LogP contribution in [0.1, 0.15) is 16.7 Å². The van der Waals surface area contributed by atoms with Gasteiger partial charge in [0.05, 0.1) is 11.0 Å². The van der Waals surface area contributed by atoms with Crippen LogP contribution in [0.3, 0.4) is 0 Å². The van der Waals surface area contributed by atoms with Crippen LogP contribution in [0.15, 0.2) is 206 Å². The van der Waals surface area contributed by atoms with Crippen molar-refractivity contribution in [2.75, 3.05) is 0 Å². The maximum atomic E-state index is 2.43. The van der Waals surface area contributed by atoms with Crippen LogP contribution >= 0.6 is 0 Å². The van der Waals surface area contributed by atoms with E-state index in [0.29, 0.717) is 0 Å². The summed E-state index contributed by atoms with van der Waals surface area (Å²) >= 11 is 0. The van der Waals surface area contributed by atoms with E-state index in [2.05, 4.69) is 217 Å². The minimum atomic E-state index is 0.797. The average molecular weight is 736 g/mol. The third-order valence-corrected chi connectivity index (χ3v) is 12.3. The van der Waals surface area contributed by atoms with Gasteiger partial charge in [-0.1, -0.05) is 170 Å². The first-order valence-corrected chi connectivity index (χ1v) is 20.2. The number of benzene rings is 10. The molecule has 1 nitrogen and oxygen atoms in total. The second-order valence-electron chi connectivity index (χ2n) is 15.7. The van der Waals surface area contributed by atoms with Gasteiger partial charge in [-0.25, -0.2) is 0 Å². The lowest BCUT2D eigenvalue weighted by Gasteiger charge is -2.13. The van der Waals surface area contributed by atoms with Crippen LogP contribution in [-0.4, -0.2) is 4.57 Å². The molecule has 0 bridgehead atoms. The molecule has 0 atom stereocenters. The Morgan fingerprint density at radius 3 is 1.93 bits per heavy atom. The topological polar surface area (TPSA) is 4.93 Å². The van der Waals surface area contributed by atoms with Gasteiger partial charge in [-0.2, -0.15) is 0 Å². The Bertz CT molecular complexity index is 3450. The van der Waals surface area contributed by atoms with Crippen LogP contribution in [0.2, 0.25) is 0 Å². The van der Waals surface area contributed by atoms with Gasteiger partial charge in [0.25, 0.3) is 0 Å². The molecule has 0 fully saturated rings. The molecule has 11 aromatic rings. The van der Waals surface area contributed by atoms with Gasteiger partial charge in [0.15, 0.2) is 0 Å². The lowest BCUT2D eigenvalue weighted by Crippen LogP contribution is -1.96. The SMILES string of the molecule is C(=C(\Cc1ccc(-c2ccc3c(ccc4ccccc43)c2)cc1)c1ccc2c3ccccc3n(-c3ccccc3)c2c1)/c1cc2c3c(cccc3c1)-c1ccccc1-2. The fourth-order valence-electron chi connectivity index (χ4n) is 9.61. The molecule has 58 heavy (non-hydrogen) atoms. The fraction of sp³-hybridized carbons (Fsp3) is 0.0175. The van der Waals surface area contributed by atoms with Crippen molar-refractivity contribution in [2.24, 2.45) is 0 Å². The highest BCUT2D eigenvalue weighted by atomic mass is 15.0. The Kier molecular flexibility index (Phi) is 7.36. The van der Waals surface area contributed by atoms with E-state index < -0.39 is 0 Å². The molecule has 0 aliphatic heterocycles. The van der Waals surface area contributed by atoms with E-state index in [-0.39, 0.29) is 0 Å². The van der Waals surface area contributed by atoms with Crippen molar-refractivity contribution in [3.05, 3.63) is 223 Å². The van der Waals surface area contributed by atoms with Crippen LogP contribution in [-0.2, 0) is 6.42 Å². The Morgan fingerprint density at radius 1 is 0.397 bits per heavy atom. The maximum absolute atomic E-state index is 2.43. The van der Waals surface area contributed by atoms with Gasteiger partial charge in [-0.3, -0.25) is 0 Å². The number of hydrogen-bond donors (Lipinski definition) is 0. The minimum absolute atomic E-state index is 0.797. The Morgan fingerprint density at radius 2 is 1.05 bits per heavy atom. The van der Waals surface area contributed by atoms with E-state index in [1.807, 2.05) is 0 Å². The first kappa shape index (κ1) is 32.7. The van der Waals surface area contributed by atoms with Crippen molar-refractivity contribution in [1.29, 1.82) is 0 Å². The van der Waals surface area contributed by atoms with Gasteiger partial charge in [0.1, 0.15) is 0 Å². The van der Waals surface area contributed by atoms with E-state index in [1.54, 1.807) is 0 Å². The van der Waals surface area contributed by atoms with E-state index in [9.17, 15) is 0 Å². The summed E-state index contributed by atoms with van der Waals surface area (Å²) in [6, 6.07) is 76.2. The highest BCUT2D eigenvalue weighted by Gasteiger charge is 2.21. The molecule has 0 N–H and O–H groups in total. The lowest BCUT2D eigenvalue weighted by atomic mass is 9.92. The van der Waals surface area contributed by atoms with Crippen LogP contribution in [0.25, 0.3) is 105 Å². The molecule has 270 valence electrons. The molecule has 1 heteroatoms. The molecular formula is C57H37N. The molecule has 1 aromatic heterocycles. The predicted molar refractivity (Wildman–Crippen MR) is 248 cm³/mol. The summed E-state index contributed by atoms with van der Waals surface area (Å²) in [6.07, 6.45) is 3.23. The zero-order valence-corrected chi connectivity index (χ0v) is 31.9. The minimum Gasteiger partial charge on any atom is -0.309 e. The predicted octanol–water partition coefficient (Wildman–Crippen LogP) is 15.3. The van der Waals surface area contributed by atoms with Crippen molar-refractivity contribution < 1.29 is 0 Å². The molecule has 0 amide bonds. The summed E-state index contributed by atoms with van der Waals surface area (Å²) in [6.45, 7) is 0. The third kappa shape index (κ3) is 5.25. The molecule has 0 spiro atoms. The molecule has 1 heterocycles. The molecule has 0 radical (unpaired) electrons. The van der Waals surface area contributed by atoms with Crippen molar-refractivity contribution in [1.82, 2.24) is 4.57 Å². The highest BCUT2D eigenvalue weighted by molar-refractivity contribution is 6.16. The number of rotatable bonds is 6. The van der Waals surface area contributed by atoms with Crippen LogP contribution in [0.5, 0.6) is 0 Å². The molecule has 12 rings (SSSR count). The quantitative estimate of drug-likeness (QED) is 0.118. The monoisotopic (exact) mass is 735 g/mol. The third-order valence-electron chi connectivity index (χ3n) is 12.3. The average Bonchev–Trinajstić information content (AvgIpc) is 3.79. The Hall–Kier alpha value is -7.48. The Balaban J connectivity index is 0.993. The van der Waals surface area contributed by atoms with E-state index in [1.165, 1.54) is 115 Å². The fourth-order valence-corrected chi connectivity index (χ4v) is 9.61. The van der Waals surface area contributed by atoms with Gasteiger partial charge >= 0.3 is 0 Å². The van der Waals surface area contributed by atoms with Gasteiger partial charge in [0, 0.05) is 16.5 Å². The van der Waals surface area contributed by atoms with Gasteiger partial charge in [0.2, 0.25) is 0 Å². The number of fused-ring (bicyclic) bond motifs is 9. The zero-order valence-electron chi connectivity index (χ0n) is 31.9. The Labute approximate surface area is 337 Å². The highest BCUT2D eigenvalue weighted by Crippen LogP contribution is 2.48. The van der Waals surface area contributed by atoms with Gasteiger partial charge in [-0.15, -0.1) is 0 Å². The van der Waals surface area contributed by atoms with Gasteiger partial charge < -0.3 is 4.57 Å². The second-order valence-corrected chi connectivity index (χ2v) is 15.7. The van der Waals surface area contributed by atoms with Gasteiger partial charge in [-0.05, 0) is 137 Å². The summed E-state index contributed by atoms with van der Waals surface area (Å²) in [5, 5.41) is 10.3. The number of nitrogens with zero attached hydrogens (tertiary/aromatic N) is 1. The van der Waals surface area contributed by atoms with Crippen LogP contribution in [0.4, 0.5) is 0 Å². The number of aromatic nitrogens is 1. The number of hydrogen-bond acceptors (Lipinski definition) is 0. The van der Waals surface area contributed by atoms with Crippen LogP contribution < -0.4 is 0 Å². The number of allylic oxidation sites excluding steroid dienone is 1. The molecule has 0 saturated heterocycles. The summed E-state index contributed by atoms with van der Waals surface area (Å²) in [5.74, 6) is 0. The van der Waals surface area contributed by atoms with Crippen molar-refractivity contribution in [3.8, 4) is 39.1 Å². The summed E-state index contributed by atoms with van der Waals surface area (Å²) in [4.78, 5) is 0. The lowest BCUT2D eigenvalue weighted by molar-refractivity contribution is 1.18. The number of para-hydroxylation sites is 2. The standard InChI is InChI=1S/C57H37N/c1-2-13-46(14-3-1)58-55-20-9-8-18-51(55)52-30-28-42(36-56(52)58)45(33-38-32-44-12-10-19-53-49-16-6-7-17-50(49)54(34-38)57(44)53)31-37-21-23-39(24-22-37)41-27-29-48-43(35-41)26-25-40-11-4-5-15-47(40)48/h1-30,32-36H,31H2/b45-33-. The molecule has 0 saturated carbocycles. The summed E-state index contributed by atoms with van der Waals surface area (Å²) < 4.78 is 2.42. The smallest absolute Gasteiger partial charge is 0.0547 e.